The molecule has 1 aliphatic heterocycles. The van der Waals surface area contributed by atoms with Gasteiger partial charge in [-0.1, -0.05) is 6.07 Å². The monoisotopic (exact) mass is 388 g/mol. The van der Waals surface area contributed by atoms with Gasteiger partial charge in [0.05, 0.1) is 7.11 Å². The highest BCUT2D eigenvalue weighted by atomic mass is 16.5. The third kappa shape index (κ3) is 4.69. The third-order valence-electron chi connectivity index (χ3n) is 4.99. The highest BCUT2D eigenvalue weighted by molar-refractivity contribution is 6.04. The minimum atomic E-state index is -0.126. The maximum Gasteiger partial charge on any atom is 0.255 e. The molecule has 1 heterocycles. The smallest absolute Gasteiger partial charge is 0.255 e. The molecule has 0 bridgehead atoms. The molecule has 0 aliphatic carbocycles. The Morgan fingerprint density at radius 3 is 2.24 bits per heavy atom. The second-order valence-electron chi connectivity index (χ2n) is 7.00. The van der Waals surface area contributed by atoms with E-state index in [1.807, 2.05) is 72.8 Å². The van der Waals surface area contributed by atoms with Gasteiger partial charge in [-0.2, -0.15) is 0 Å². The van der Waals surface area contributed by atoms with Crippen LogP contribution in [0.25, 0.3) is 0 Å². The van der Waals surface area contributed by atoms with Crippen LogP contribution in [-0.4, -0.2) is 26.1 Å². The molecule has 1 amide bonds. The zero-order chi connectivity index (χ0) is 20.1. The summed E-state index contributed by atoms with van der Waals surface area (Å²) in [5.74, 6) is 1.99. The molecule has 4 rings (SSSR count). The van der Waals surface area contributed by atoms with Crippen molar-refractivity contribution in [3.05, 3.63) is 78.4 Å². The number of amides is 1. The van der Waals surface area contributed by atoms with Crippen molar-refractivity contribution in [3.8, 4) is 17.2 Å². The molecule has 1 aliphatic rings. The topological polar surface area (TPSA) is 50.8 Å². The van der Waals surface area contributed by atoms with E-state index in [1.54, 1.807) is 7.11 Å². The minimum Gasteiger partial charge on any atom is -0.497 e. The summed E-state index contributed by atoms with van der Waals surface area (Å²) in [7, 11) is 1.62. The summed E-state index contributed by atoms with van der Waals surface area (Å²) in [4.78, 5) is 14.9. The molecule has 1 saturated heterocycles. The van der Waals surface area contributed by atoms with Gasteiger partial charge in [0.25, 0.3) is 5.91 Å². The van der Waals surface area contributed by atoms with Crippen molar-refractivity contribution in [2.24, 2.45) is 0 Å². The highest BCUT2D eigenvalue weighted by Crippen LogP contribution is 2.26. The standard InChI is InChI=1S/C24H24N2O3/c1-28-22-5-4-6-23(17-22)29-21-13-9-19(10-14-21)25-24(27)18-7-11-20(12-8-18)26-15-2-3-16-26/h4-14,17H,2-3,15-16H2,1H3,(H,25,27). The fraction of sp³-hybridized carbons (Fsp3) is 0.208. The average molecular weight is 388 g/mol. The lowest BCUT2D eigenvalue weighted by Crippen LogP contribution is -2.18. The van der Waals surface area contributed by atoms with Gasteiger partial charge in [0, 0.05) is 36.1 Å². The van der Waals surface area contributed by atoms with Gasteiger partial charge in [0.2, 0.25) is 0 Å². The van der Waals surface area contributed by atoms with Crippen LogP contribution >= 0.6 is 0 Å². The molecule has 3 aromatic rings. The summed E-state index contributed by atoms with van der Waals surface area (Å²) in [5.41, 5.74) is 2.54. The Balaban J connectivity index is 1.37. The van der Waals surface area contributed by atoms with Gasteiger partial charge >= 0.3 is 0 Å². The number of carbonyl (C=O) groups is 1. The molecule has 148 valence electrons. The summed E-state index contributed by atoms with van der Waals surface area (Å²) < 4.78 is 11.0. The fourth-order valence-electron chi connectivity index (χ4n) is 3.41. The van der Waals surface area contributed by atoms with Crippen molar-refractivity contribution in [2.75, 3.05) is 30.4 Å². The van der Waals surface area contributed by atoms with Gasteiger partial charge in [0.1, 0.15) is 17.2 Å². The average Bonchev–Trinajstić information content (AvgIpc) is 3.30. The first-order chi connectivity index (χ1) is 14.2. The number of nitrogens with zero attached hydrogens (tertiary/aromatic N) is 1. The molecule has 29 heavy (non-hydrogen) atoms. The molecule has 5 nitrogen and oxygen atoms in total. The maximum absolute atomic E-state index is 12.5. The van der Waals surface area contributed by atoms with Crippen LogP contribution in [0.3, 0.4) is 0 Å². The summed E-state index contributed by atoms with van der Waals surface area (Å²) in [6.45, 7) is 2.19. The predicted molar refractivity (Wildman–Crippen MR) is 115 cm³/mol. The lowest BCUT2D eigenvalue weighted by atomic mass is 10.1. The first-order valence-corrected chi connectivity index (χ1v) is 9.79. The number of anilines is 2. The van der Waals surface area contributed by atoms with Crippen LogP contribution in [0, 0.1) is 0 Å². The van der Waals surface area contributed by atoms with Crippen molar-refractivity contribution in [2.45, 2.75) is 12.8 Å². The quantitative estimate of drug-likeness (QED) is 0.619. The summed E-state index contributed by atoms with van der Waals surface area (Å²) in [5, 5.41) is 2.93. The van der Waals surface area contributed by atoms with Crippen LogP contribution in [0.2, 0.25) is 0 Å². The van der Waals surface area contributed by atoms with Crippen LogP contribution in [0.15, 0.2) is 72.8 Å². The lowest BCUT2D eigenvalue weighted by molar-refractivity contribution is 0.102. The molecule has 3 aromatic carbocycles. The maximum atomic E-state index is 12.5. The number of benzene rings is 3. The highest BCUT2D eigenvalue weighted by Gasteiger charge is 2.13. The fourth-order valence-corrected chi connectivity index (χ4v) is 3.41. The van der Waals surface area contributed by atoms with E-state index in [4.69, 9.17) is 9.47 Å². The van der Waals surface area contributed by atoms with E-state index in [0.29, 0.717) is 17.1 Å². The number of carbonyl (C=O) groups excluding carboxylic acids is 1. The minimum absolute atomic E-state index is 0.126. The largest absolute Gasteiger partial charge is 0.497 e. The predicted octanol–water partition coefficient (Wildman–Crippen LogP) is 5.34. The first-order valence-electron chi connectivity index (χ1n) is 9.79. The van der Waals surface area contributed by atoms with Crippen molar-refractivity contribution in [3.63, 3.8) is 0 Å². The van der Waals surface area contributed by atoms with Crippen molar-refractivity contribution in [1.82, 2.24) is 0 Å². The Morgan fingerprint density at radius 1 is 0.862 bits per heavy atom. The molecule has 0 saturated carbocycles. The van der Waals surface area contributed by atoms with Gasteiger partial charge in [-0.15, -0.1) is 0 Å². The van der Waals surface area contributed by atoms with E-state index in [1.165, 1.54) is 18.5 Å². The van der Waals surface area contributed by atoms with Gasteiger partial charge in [-0.3, -0.25) is 4.79 Å². The number of ether oxygens (including phenoxy) is 2. The van der Waals surface area contributed by atoms with Gasteiger partial charge in [0.15, 0.2) is 0 Å². The summed E-state index contributed by atoms with van der Waals surface area (Å²) in [6, 6.07) is 22.5. The zero-order valence-electron chi connectivity index (χ0n) is 16.4. The van der Waals surface area contributed by atoms with Crippen LogP contribution in [-0.2, 0) is 0 Å². The number of nitrogens with one attached hydrogen (secondary N) is 1. The summed E-state index contributed by atoms with van der Waals surface area (Å²) in [6.07, 6.45) is 2.47. The molecule has 0 spiro atoms. The Bertz CT molecular complexity index is 962. The van der Waals surface area contributed by atoms with Crippen LogP contribution in [0.5, 0.6) is 17.2 Å². The molecule has 1 N–H and O–H groups in total. The number of methoxy groups -OCH3 is 1. The Kier molecular flexibility index (Phi) is 5.66. The Labute approximate surface area is 170 Å². The van der Waals surface area contributed by atoms with E-state index in [9.17, 15) is 4.79 Å². The van der Waals surface area contributed by atoms with E-state index >= 15 is 0 Å². The molecule has 5 heteroatoms. The van der Waals surface area contributed by atoms with Crippen molar-refractivity contribution >= 4 is 17.3 Å². The number of hydrogen-bond donors (Lipinski definition) is 1. The van der Waals surface area contributed by atoms with Crippen LogP contribution in [0.1, 0.15) is 23.2 Å². The van der Waals surface area contributed by atoms with Gasteiger partial charge in [-0.05, 0) is 73.5 Å². The molecule has 0 radical (unpaired) electrons. The first kappa shape index (κ1) is 18.9. The Hall–Kier alpha value is -3.47. The molecule has 0 unspecified atom stereocenters. The number of rotatable bonds is 6. The zero-order valence-corrected chi connectivity index (χ0v) is 16.4. The molecule has 0 atom stereocenters. The molecule has 0 aromatic heterocycles. The van der Waals surface area contributed by atoms with E-state index < -0.39 is 0 Å². The molecular weight excluding hydrogens is 364 g/mol. The van der Waals surface area contributed by atoms with E-state index in [2.05, 4.69) is 10.2 Å². The summed E-state index contributed by atoms with van der Waals surface area (Å²) >= 11 is 0. The van der Waals surface area contributed by atoms with Crippen molar-refractivity contribution < 1.29 is 14.3 Å². The van der Waals surface area contributed by atoms with Gasteiger partial charge < -0.3 is 19.7 Å². The van der Waals surface area contributed by atoms with E-state index in [0.717, 1.165) is 24.5 Å². The third-order valence-corrected chi connectivity index (χ3v) is 4.99. The molecule has 1 fully saturated rings. The normalized spacial score (nSPS) is 13.2. The van der Waals surface area contributed by atoms with Gasteiger partial charge in [-0.25, -0.2) is 0 Å². The van der Waals surface area contributed by atoms with Crippen molar-refractivity contribution in [1.29, 1.82) is 0 Å². The lowest BCUT2D eigenvalue weighted by Gasteiger charge is -2.17. The SMILES string of the molecule is COc1cccc(Oc2ccc(NC(=O)c3ccc(N4CCCC4)cc3)cc2)c1. The van der Waals surface area contributed by atoms with E-state index in [-0.39, 0.29) is 5.91 Å². The second-order valence-corrected chi connectivity index (χ2v) is 7.00. The Morgan fingerprint density at radius 2 is 1.55 bits per heavy atom. The van der Waals surface area contributed by atoms with Crippen LogP contribution in [0.4, 0.5) is 11.4 Å². The van der Waals surface area contributed by atoms with Crippen LogP contribution < -0.4 is 19.7 Å². The molecular formula is C24H24N2O3. The second kappa shape index (κ2) is 8.69. The number of hydrogen-bond acceptors (Lipinski definition) is 4.